The fourth-order valence-electron chi connectivity index (χ4n) is 3.17. The summed E-state index contributed by atoms with van der Waals surface area (Å²) in [6.07, 6.45) is 2.72. The molecule has 1 atom stereocenters. The zero-order valence-corrected chi connectivity index (χ0v) is 12.3. The lowest BCUT2D eigenvalue weighted by molar-refractivity contribution is 0.0941. The van der Waals surface area contributed by atoms with Crippen LogP contribution in [-0.4, -0.2) is 49.1 Å². The van der Waals surface area contributed by atoms with Gasteiger partial charge in [-0.3, -0.25) is 4.90 Å². The van der Waals surface area contributed by atoms with Crippen molar-refractivity contribution in [3.63, 3.8) is 0 Å². The van der Waals surface area contributed by atoms with Crippen molar-refractivity contribution in [2.24, 2.45) is 11.7 Å². The van der Waals surface area contributed by atoms with Crippen molar-refractivity contribution in [3.8, 4) is 0 Å². The van der Waals surface area contributed by atoms with Crippen LogP contribution in [0.5, 0.6) is 0 Å². The maximum Gasteiger partial charge on any atom is 0.128 e. The largest absolute Gasteiger partial charge is 0.329 e. The van der Waals surface area contributed by atoms with E-state index in [1.165, 1.54) is 31.5 Å². The summed E-state index contributed by atoms with van der Waals surface area (Å²) in [6.45, 7) is 5.21. The minimum absolute atomic E-state index is 0.233. The van der Waals surface area contributed by atoms with Gasteiger partial charge in [-0.05, 0) is 37.0 Å². The van der Waals surface area contributed by atoms with E-state index < -0.39 is 5.82 Å². The SMILES string of the molecule is NCC(c1cc(F)ccc1F)N1CCN(CC2CC2)CC1. The molecule has 2 fully saturated rings. The zero-order chi connectivity index (χ0) is 14.8. The van der Waals surface area contributed by atoms with Crippen molar-refractivity contribution in [1.82, 2.24) is 9.80 Å². The van der Waals surface area contributed by atoms with Crippen molar-refractivity contribution in [3.05, 3.63) is 35.4 Å². The molecule has 2 aliphatic rings. The Morgan fingerprint density at radius 2 is 1.86 bits per heavy atom. The van der Waals surface area contributed by atoms with E-state index in [0.717, 1.165) is 38.2 Å². The molecule has 1 unspecified atom stereocenters. The second-order valence-electron chi connectivity index (χ2n) is 6.20. The second kappa shape index (κ2) is 6.38. The standard InChI is InChI=1S/C16H23F2N3/c17-13-3-4-15(18)14(9-13)16(10-19)21-7-5-20(6-8-21)11-12-1-2-12/h3-4,9,12,16H,1-2,5-8,10-11,19H2. The Balaban J connectivity index is 1.65. The fourth-order valence-corrected chi connectivity index (χ4v) is 3.17. The van der Waals surface area contributed by atoms with Crippen molar-refractivity contribution in [1.29, 1.82) is 0 Å². The van der Waals surface area contributed by atoms with Gasteiger partial charge in [-0.2, -0.15) is 0 Å². The normalized spacial score (nSPS) is 22.4. The van der Waals surface area contributed by atoms with Gasteiger partial charge in [-0.1, -0.05) is 0 Å². The molecule has 0 bridgehead atoms. The number of benzene rings is 1. The summed E-state index contributed by atoms with van der Waals surface area (Å²) in [5.74, 6) is 0.118. The second-order valence-corrected chi connectivity index (χ2v) is 6.20. The van der Waals surface area contributed by atoms with Gasteiger partial charge in [0.25, 0.3) is 0 Å². The lowest BCUT2D eigenvalue weighted by Gasteiger charge is -2.39. The Hall–Kier alpha value is -1.04. The highest BCUT2D eigenvalue weighted by molar-refractivity contribution is 5.23. The van der Waals surface area contributed by atoms with Crippen LogP contribution in [0.25, 0.3) is 0 Å². The molecule has 1 aliphatic carbocycles. The third-order valence-corrected chi connectivity index (χ3v) is 4.60. The molecule has 21 heavy (non-hydrogen) atoms. The summed E-state index contributed by atoms with van der Waals surface area (Å²) in [4.78, 5) is 4.66. The van der Waals surface area contributed by atoms with Gasteiger partial charge in [0.15, 0.2) is 0 Å². The summed E-state index contributed by atoms with van der Waals surface area (Å²) in [5.41, 5.74) is 6.22. The summed E-state index contributed by atoms with van der Waals surface area (Å²) in [5, 5.41) is 0. The van der Waals surface area contributed by atoms with E-state index in [2.05, 4.69) is 9.80 Å². The predicted octanol–water partition coefficient (Wildman–Crippen LogP) is 1.99. The topological polar surface area (TPSA) is 32.5 Å². The highest BCUT2D eigenvalue weighted by Gasteiger charge is 2.29. The Kier molecular flexibility index (Phi) is 4.52. The first kappa shape index (κ1) is 14.9. The molecule has 1 heterocycles. The number of rotatable bonds is 5. The van der Waals surface area contributed by atoms with Crippen LogP contribution >= 0.6 is 0 Å². The lowest BCUT2D eigenvalue weighted by atomic mass is 10.0. The van der Waals surface area contributed by atoms with Gasteiger partial charge < -0.3 is 10.6 Å². The van der Waals surface area contributed by atoms with E-state index in [1.54, 1.807) is 0 Å². The Morgan fingerprint density at radius 3 is 2.48 bits per heavy atom. The van der Waals surface area contributed by atoms with E-state index in [4.69, 9.17) is 5.73 Å². The van der Waals surface area contributed by atoms with Gasteiger partial charge in [-0.25, -0.2) is 8.78 Å². The fraction of sp³-hybridized carbons (Fsp3) is 0.625. The molecule has 116 valence electrons. The van der Waals surface area contributed by atoms with Crippen LogP contribution in [-0.2, 0) is 0 Å². The number of piperazine rings is 1. The van der Waals surface area contributed by atoms with Crippen LogP contribution in [0.3, 0.4) is 0 Å². The third-order valence-electron chi connectivity index (χ3n) is 4.60. The highest BCUT2D eigenvalue weighted by Crippen LogP contribution is 2.30. The third kappa shape index (κ3) is 3.59. The molecule has 5 heteroatoms. The summed E-state index contributed by atoms with van der Waals surface area (Å²) in [6, 6.07) is 3.39. The van der Waals surface area contributed by atoms with Gasteiger partial charge in [0.05, 0.1) is 6.04 Å². The van der Waals surface area contributed by atoms with E-state index in [9.17, 15) is 8.78 Å². The van der Waals surface area contributed by atoms with Crippen molar-refractivity contribution in [2.45, 2.75) is 18.9 Å². The van der Waals surface area contributed by atoms with Crippen LogP contribution in [0.15, 0.2) is 18.2 Å². The van der Waals surface area contributed by atoms with Gasteiger partial charge in [-0.15, -0.1) is 0 Å². The Labute approximate surface area is 124 Å². The van der Waals surface area contributed by atoms with E-state index >= 15 is 0 Å². The number of nitrogens with zero attached hydrogens (tertiary/aromatic N) is 2. The number of nitrogens with two attached hydrogens (primary N) is 1. The summed E-state index contributed by atoms with van der Waals surface area (Å²) in [7, 11) is 0. The van der Waals surface area contributed by atoms with Crippen molar-refractivity contribution in [2.75, 3.05) is 39.3 Å². The van der Waals surface area contributed by atoms with Crippen LogP contribution in [0.1, 0.15) is 24.4 Å². The van der Waals surface area contributed by atoms with Gasteiger partial charge in [0.2, 0.25) is 0 Å². The predicted molar refractivity (Wildman–Crippen MR) is 78.9 cm³/mol. The van der Waals surface area contributed by atoms with E-state index in [-0.39, 0.29) is 11.9 Å². The lowest BCUT2D eigenvalue weighted by Crippen LogP contribution is -2.49. The molecule has 1 aliphatic heterocycles. The van der Waals surface area contributed by atoms with E-state index in [0.29, 0.717) is 12.1 Å². The average molecular weight is 295 g/mol. The number of halogens is 2. The number of hydrogen-bond acceptors (Lipinski definition) is 3. The van der Waals surface area contributed by atoms with Crippen LogP contribution in [0, 0.1) is 17.6 Å². The zero-order valence-electron chi connectivity index (χ0n) is 12.3. The molecule has 0 radical (unpaired) electrons. The quantitative estimate of drug-likeness (QED) is 0.902. The van der Waals surface area contributed by atoms with Gasteiger partial charge in [0, 0.05) is 44.8 Å². The summed E-state index contributed by atoms with van der Waals surface area (Å²) < 4.78 is 27.3. The maximum absolute atomic E-state index is 14.0. The van der Waals surface area contributed by atoms with Crippen LogP contribution < -0.4 is 5.73 Å². The number of hydrogen-bond donors (Lipinski definition) is 1. The first-order valence-electron chi connectivity index (χ1n) is 7.79. The molecule has 0 aromatic heterocycles. The minimum Gasteiger partial charge on any atom is -0.329 e. The van der Waals surface area contributed by atoms with E-state index in [1.807, 2.05) is 0 Å². The molecule has 0 amide bonds. The van der Waals surface area contributed by atoms with Crippen molar-refractivity contribution < 1.29 is 8.78 Å². The molecule has 1 aromatic carbocycles. The maximum atomic E-state index is 14.0. The first-order valence-corrected chi connectivity index (χ1v) is 7.79. The molecule has 1 saturated carbocycles. The smallest absolute Gasteiger partial charge is 0.128 e. The first-order chi connectivity index (χ1) is 10.2. The highest BCUT2D eigenvalue weighted by atomic mass is 19.1. The van der Waals surface area contributed by atoms with Gasteiger partial charge >= 0.3 is 0 Å². The molecular formula is C16H23F2N3. The molecule has 1 aromatic rings. The molecular weight excluding hydrogens is 272 g/mol. The molecule has 1 saturated heterocycles. The molecule has 3 rings (SSSR count). The van der Waals surface area contributed by atoms with Crippen molar-refractivity contribution >= 4 is 0 Å². The molecule has 2 N–H and O–H groups in total. The summed E-state index contributed by atoms with van der Waals surface area (Å²) >= 11 is 0. The van der Waals surface area contributed by atoms with Gasteiger partial charge in [0.1, 0.15) is 11.6 Å². The van der Waals surface area contributed by atoms with Crippen LogP contribution in [0.2, 0.25) is 0 Å². The van der Waals surface area contributed by atoms with Crippen LogP contribution in [0.4, 0.5) is 8.78 Å². The Bertz CT molecular complexity index is 482. The monoisotopic (exact) mass is 295 g/mol. The Morgan fingerprint density at radius 1 is 1.14 bits per heavy atom. The average Bonchev–Trinajstić information content (AvgIpc) is 3.29. The molecule has 0 spiro atoms. The molecule has 3 nitrogen and oxygen atoms in total. The minimum atomic E-state index is -0.405.